The van der Waals surface area contributed by atoms with Gasteiger partial charge in [0.1, 0.15) is 11.3 Å². The van der Waals surface area contributed by atoms with E-state index in [9.17, 15) is 4.39 Å². The lowest BCUT2D eigenvalue weighted by Crippen LogP contribution is -2.33. The molecule has 6 heteroatoms. The SMILES string of the molecule is CCn1c(CN2CCCC2Cn2cccn2)nc2c(F)cccc21. The van der Waals surface area contributed by atoms with E-state index in [1.165, 1.54) is 18.9 Å². The van der Waals surface area contributed by atoms with Gasteiger partial charge in [0.05, 0.1) is 18.6 Å². The number of imidazole rings is 1. The first-order chi connectivity index (χ1) is 11.8. The largest absolute Gasteiger partial charge is 0.327 e. The predicted octanol–water partition coefficient (Wildman–Crippen LogP) is 3.06. The van der Waals surface area contributed by atoms with E-state index in [1.54, 1.807) is 6.07 Å². The number of aryl methyl sites for hydroxylation is 1. The highest BCUT2D eigenvalue weighted by atomic mass is 19.1. The molecule has 1 aliphatic rings. The summed E-state index contributed by atoms with van der Waals surface area (Å²) in [4.78, 5) is 7.05. The first kappa shape index (κ1) is 15.3. The molecule has 3 aromatic rings. The average molecular weight is 327 g/mol. The molecule has 0 bridgehead atoms. The van der Waals surface area contributed by atoms with Crippen LogP contribution >= 0.6 is 0 Å². The van der Waals surface area contributed by atoms with E-state index >= 15 is 0 Å². The van der Waals surface area contributed by atoms with Gasteiger partial charge in [-0.1, -0.05) is 6.07 Å². The number of hydrogen-bond donors (Lipinski definition) is 0. The van der Waals surface area contributed by atoms with Gasteiger partial charge in [0.25, 0.3) is 0 Å². The van der Waals surface area contributed by atoms with E-state index in [0.717, 1.165) is 37.5 Å². The van der Waals surface area contributed by atoms with Crippen LogP contribution in [-0.4, -0.2) is 36.8 Å². The van der Waals surface area contributed by atoms with Gasteiger partial charge in [-0.15, -0.1) is 0 Å². The maximum absolute atomic E-state index is 14.1. The van der Waals surface area contributed by atoms with Crippen molar-refractivity contribution in [1.82, 2.24) is 24.2 Å². The van der Waals surface area contributed by atoms with Crippen molar-refractivity contribution in [2.24, 2.45) is 0 Å². The van der Waals surface area contributed by atoms with Crippen LogP contribution in [0.2, 0.25) is 0 Å². The summed E-state index contributed by atoms with van der Waals surface area (Å²) in [5, 5.41) is 4.32. The molecule has 1 aromatic carbocycles. The molecule has 0 radical (unpaired) electrons. The van der Waals surface area contributed by atoms with E-state index in [4.69, 9.17) is 0 Å². The van der Waals surface area contributed by atoms with Crippen LogP contribution in [0.5, 0.6) is 0 Å². The van der Waals surface area contributed by atoms with E-state index in [-0.39, 0.29) is 5.82 Å². The molecule has 4 rings (SSSR count). The molecule has 1 fully saturated rings. The zero-order valence-electron chi connectivity index (χ0n) is 13.9. The van der Waals surface area contributed by atoms with Crippen LogP contribution in [0, 0.1) is 5.82 Å². The van der Waals surface area contributed by atoms with Crippen molar-refractivity contribution >= 4 is 11.0 Å². The lowest BCUT2D eigenvalue weighted by atomic mass is 10.2. The lowest BCUT2D eigenvalue weighted by Gasteiger charge is -2.24. The van der Waals surface area contributed by atoms with Crippen molar-refractivity contribution in [2.45, 2.75) is 45.4 Å². The van der Waals surface area contributed by atoms with Crippen molar-refractivity contribution in [3.63, 3.8) is 0 Å². The predicted molar refractivity (Wildman–Crippen MR) is 91.0 cm³/mol. The van der Waals surface area contributed by atoms with Crippen LogP contribution in [0.1, 0.15) is 25.6 Å². The van der Waals surface area contributed by atoms with Gasteiger partial charge >= 0.3 is 0 Å². The second-order valence-electron chi connectivity index (χ2n) is 6.37. The van der Waals surface area contributed by atoms with Crippen LogP contribution in [0.4, 0.5) is 4.39 Å². The molecule has 3 heterocycles. The van der Waals surface area contributed by atoms with E-state index in [0.29, 0.717) is 11.6 Å². The zero-order chi connectivity index (χ0) is 16.5. The summed E-state index contributed by atoms with van der Waals surface area (Å²) in [6, 6.07) is 7.60. The number of halogens is 1. The number of aromatic nitrogens is 4. The summed E-state index contributed by atoms with van der Waals surface area (Å²) < 4.78 is 18.2. The van der Waals surface area contributed by atoms with Crippen molar-refractivity contribution in [3.8, 4) is 0 Å². The second-order valence-corrected chi connectivity index (χ2v) is 6.37. The van der Waals surface area contributed by atoms with Gasteiger partial charge in [0.2, 0.25) is 0 Å². The third kappa shape index (κ3) is 2.71. The molecule has 1 saturated heterocycles. The van der Waals surface area contributed by atoms with Crippen molar-refractivity contribution in [2.75, 3.05) is 6.54 Å². The Bertz CT molecular complexity index is 823. The molecule has 24 heavy (non-hydrogen) atoms. The maximum Gasteiger partial charge on any atom is 0.151 e. The highest BCUT2D eigenvalue weighted by Crippen LogP contribution is 2.24. The van der Waals surface area contributed by atoms with E-state index in [2.05, 4.69) is 26.5 Å². The third-order valence-corrected chi connectivity index (χ3v) is 4.93. The first-order valence-electron chi connectivity index (χ1n) is 8.61. The molecule has 1 atom stereocenters. The Morgan fingerprint density at radius 3 is 3.00 bits per heavy atom. The Kier molecular flexibility index (Phi) is 4.06. The Hall–Kier alpha value is -2.21. The molecule has 0 amide bonds. The van der Waals surface area contributed by atoms with Crippen LogP contribution in [0.3, 0.4) is 0 Å². The topological polar surface area (TPSA) is 38.9 Å². The van der Waals surface area contributed by atoms with Crippen LogP contribution in [0.15, 0.2) is 36.7 Å². The van der Waals surface area contributed by atoms with Crippen molar-refractivity contribution in [1.29, 1.82) is 0 Å². The molecule has 5 nitrogen and oxygen atoms in total. The molecule has 0 saturated carbocycles. The fourth-order valence-corrected chi connectivity index (χ4v) is 3.75. The van der Waals surface area contributed by atoms with Crippen molar-refractivity contribution in [3.05, 3.63) is 48.3 Å². The second kappa shape index (κ2) is 6.36. The number of nitrogens with zero attached hydrogens (tertiary/aromatic N) is 5. The zero-order valence-corrected chi connectivity index (χ0v) is 13.9. The summed E-state index contributed by atoms with van der Waals surface area (Å²) in [5.74, 6) is 0.709. The maximum atomic E-state index is 14.1. The average Bonchev–Trinajstić information content (AvgIpc) is 3.30. The van der Waals surface area contributed by atoms with E-state index < -0.39 is 0 Å². The number of benzene rings is 1. The molecular formula is C18H22FN5. The highest BCUT2D eigenvalue weighted by Gasteiger charge is 2.27. The Balaban J connectivity index is 1.60. The molecule has 0 aliphatic carbocycles. The number of para-hydroxylation sites is 1. The Morgan fingerprint density at radius 2 is 2.21 bits per heavy atom. The quantitative estimate of drug-likeness (QED) is 0.723. The van der Waals surface area contributed by atoms with Crippen LogP contribution in [0.25, 0.3) is 11.0 Å². The van der Waals surface area contributed by atoms with Gasteiger partial charge in [0.15, 0.2) is 5.82 Å². The molecule has 0 N–H and O–H groups in total. The monoisotopic (exact) mass is 327 g/mol. The van der Waals surface area contributed by atoms with Gasteiger partial charge in [-0.25, -0.2) is 9.37 Å². The van der Waals surface area contributed by atoms with Gasteiger partial charge < -0.3 is 4.57 Å². The minimum atomic E-state index is -0.240. The molecule has 2 aromatic heterocycles. The molecular weight excluding hydrogens is 305 g/mol. The molecule has 0 spiro atoms. The van der Waals surface area contributed by atoms with Gasteiger partial charge in [-0.3, -0.25) is 9.58 Å². The molecule has 1 aliphatic heterocycles. The summed E-state index contributed by atoms with van der Waals surface area (Å²) in [6.45, 7) is 5.59. The minimum absolute atomic E-state index is 0.240. The molecule has 126 valence electrons. The number of hydrogen-bond acceptors (Lipinski definition) is 3. The molecule has 1 unspecified atom stereocenters. The number of rotatable bonds is 5. The Morgan fingerprint density at radius 1 is 1.29 bits per heavy atom. The number of likely N-dealkylation sites (tertiary alicyclic amines) is 1. The van der Waals surface area contributed by atoms with E-state index in [1.807, 2.05) is 29.2 Å². The fraction of sp³-hybridized carbons (Fsp3) is 0.444. The smallest absolute Gasteiger partial charge is 0.151 e. The first-order valence-corrected chi connectivity index (χ1v) is 8.61. The van der Waals surface area contributed by atoms with Gasteiger partial charge in [-0.2, -0.15) is 5.10 Å². The summed E-state index contributed by atoms with van der Waals surface area (Å²) in [7, 11) is 0. The van der Waals surface area contributed by atoms with Gasteiger partial charge in [0, 0.05) is 25.0 Å². The number of fused-ring (bicyclic) bond motifs is 1. The fourth-order valence-electron chi connectivity index (χ4n) is 3.75. The highest BCUT2D eigenvalue weighted by molar-refractivity contribution is 5.76. The normalized spacial score (nSPS) is 18.7. The van der Waals surface area contributed by atoms with Crippen LogP contribution < -0.4 is 0 Å². The lowest BCUT2D eigenvalue weighted by molar-refractivity contribution is 0.212. The van der Waals surface area contributed by atoms with Crippen molar-refractivity contribution < 1.29 is 4.39 Å². The van der Waals surface area contributed by atoms with Crippen LogP contribution in [-0.2, 0) is 19.6 Å². The Labute approximate surface area is 140 Å². The summed E-state index contributed by atoms with van der Waals surface area (Å²) in [5.41, 5.74) is 1.37. The third-order valence-electron chi connectivity index (χ3n) is 4.93. The summed E-state index contributed by atoms with van der Waals surface area (Å²) in [6.07, 6.45) is 6.18. The summed E-state index contributed by atoms with van der Waals surface area (Å²) >= 11 is 0. The minimum Gasteiger partial charge on any atom is -0.327 e. The van der Waals surface area contributed by atoms with Gasteiger partial charge in [-0.05, 0) is 44.5 Å². The standard InChI is InChI=1S/C18H22FN5/c1-2-24-16-8-3-7-15(19)18(16)21-17(24)13-22-10-4-6-14(22)12-23-11-5-9-20-23/h3,5,7-9,11,14H,2,4,6,10,12-13H2,1H3.